The Morgan fingerprint density at radius 2 is 1.91 bits per heavy atom. The van der Waals surface area contributed by atoms with Gasteiger partial charge in [0.1, 0.15) is 34.4 Å². The molecular weight excluding hydrogens is 567 g/mol. The number of ether oxygens (including phenoxy) is 1. The Labute approximate surface area is 242 Å². The number of imidazole rings is 1. The Morgan fingerprint density at radius 1 is 1.09 bits per heavy atom. The van der Waals surface area contributed by atoms with Gasteiger partial charge in [-0.1, -0.05) is 0 Å². The van der Waals surface area contributed by atoms with Gasteiger partial charge in [-0.05, 0) is 49.6 Å². The number of halogens is 3. The van der Waals surface area contributed by atoms with Gasteiger partial charge in [0, 0.05) is 61.6 Å². The van der Waals surface area contributed by atoms with E-state index in [1.165, 1.54) is 25.1 Å². The zero-order valence-corrected chi connectivity index (χ0v) is 22.9. The number of nitrogens with two attached hydrogens (primary N) is 1. The largest absolute Gasteiger partial charge is 0.426 e. The van der Waals surface area contributed by atoms with Gasteiger partial charge in [0.2, 0.25) is 5.91 Å². The second kappa shape index (κ2) is 10.7. The first-order valence-electron chi connectivity index (χ1n) is 13.6. The summed E-state index contributed by atoms with van der Waals surface area (Å²) in [6.45, 7) is 1.71. The number of benzene rings is 1. The van der Waals surface area contributed by atoms with Gasteiger partial charge in [0.25, 0.3) is 5.91 Å². The minimum atomic E-state index is -4.61. The zero-order chi connectivity index (χ0) is 30.5. The number of carbonyl (C=O) groups is 3. The first-order chi connectivity index (χ1) is 20.5. The number of amides is 2. The minimum Gasteiger partial charge on any atom is -0.426 e. The first-order valence-corrected chi connectivity index (χ1v) is 13.6. The molecule has 3 N–H and O–H groups in total. The van der Waals surface area contributed by atoms with Crippen molar-refractivity contribution in [2.45, 2.75) is 50.7 Å². The Bertz CT molecular complexity index is 1770. The molecule has 0 bridgehead atoms. The summed E-state index contributed by atoms with van der Waals surface area (Å²) in [4.78, 5) is 52.4. The van der Waals surface area contributed by atoms with Crippen LogP contribution in [-0.4, -0.2) is 54.6 Å². The number of piperidine rings is 1. The SMILES string of the molecule is CC(=O)Oc1cc(C(=O)Nc2cc(C(F)(F)F)ccn2)ccc1-c1nc([C@@H]2CC[C@H]3CCC(=O)N3C2)n2ccnc(N)c12. The molecule has 4 aromatic rings. The summed E-state index contributed by atoms with van der Waals surface area (Å²) in [5.74, 6) is -0.851. The summed E-state index contributed by atoms with van der Waals surface area (Å²) in [6.07, 6.45) is 2.66. The molecule has 3 aromatic heterocycles. The highest BCUT2D eigenvalue weighted by Crippen LogP contribution is 2.40. The van der Waals surface area contributed by atoms with Gasteiger partial charge in [-0.15, -0.1) is 0 Å². The maximum Gasteiger partial charge on any atom is 0.416 e. The van der Waals surface area contributed by atoms with Crippen LogP contribution in [0.1, 0.15) is 60.3 Å². The highest BCUT2D eigenvalue weighted by atomic mass is 19.4. The molecule has 43 heavy (non-hydrogen) atoms. The predicted octanol–water partition coefficient (Wildman–Crippen LogP) is 4.44. The molecule has 222 valence electrons. The van der Waals surface area contributed by atoms with E-state index in [2.05, 4.69) is 15.3 Å². The number of carbonyl (C=O) groups excluding carboxylic acids is 3. The van der Waals surface area contributed by atoms with Crippen molar-refractivity contribution in [2.75, 3.05) is 17.6 Å². The summed E-state index contributed by atoms with van der Waals surface area (Å²) in [7, 11) is 0. The highest BCUT2D eigenvalue weighted by Gasteiger charge is 2.38. The standard InChI is InChI=1S/C29H26F3N7O4/c1-15(40)43-21-12-16(28(42)36-22-13-18(8-9-34-22)29(30,31)32)3-6-20(21)24-25-26(33)35-10-11-38(25)27(37-24)17-2-4-19-5-7-23(41)39(19)14-17/h3,6,8-13,17,19H,2,4-5,7,14H2,1H3,(H2,33,35)(H,34,36,42)/t17-,19+/m1/s1. The third-order valence-corrected chi connectivity index (χ3v) is 7.77. The monoisotopic (exact) mass is 593 g/mol. The van der Waals surface area contributed by atoms with Crippen LogP contribution in [0, 0.1) is 0 Å². The molecular formula is C29H26F3N7O4. The lowest BCUT2D eigenvalue weighted by Gasteiger charge is -2.34. The normalized spacial score (nSPS) is 18.5. The average Bonchev–Trinajstić information content (AvgIpc) is 3.53. The molecule has 2 aliphatic heterocycles. The molecule has 2 aliphatic rings. The predicted molar refractivity (Wildman–Crippen MR) is 148 cm³/mol. The molecule has 2 fully saturated rings. The van der Waals surface area contributed by atoms with E-state index in [1.54, 1.807) is 12.4 Å². The van der Waals surface area contributed by atoms with Gasteiger partial charge >= 0.3 is 12.1 Å². The maximum atomic E-state index is 13.1. The van der Waals surface area contributed by atoms with Crippen molar-refractivity contribution >= 4 is 34.9 Å². The lowest BCUT2D eigenvalue weighted by molar-refractivity contribution is -0.137. The highest BCUT2D eigenvalue weighted by molar-refractivity contribution is 6.05. The number of esters is 1. The van der Waals surface area contributed by atoms with E-state index in [4.69, 9.17) is 15.5 Å². The van der Waals surface area contributed by atoms with Crippen LogP contribution in [0.25, 0.3) is 16.8 Å². The van der Waals surface area contributed by atoms with Gasteiger partial charge in [-0.3, -0.25) is 18.8 Å². The van der Waals surface area contributed by atoms with Gasteiger partial charge in [-0.25, -0.2) is 15.0 Å². The van der Waals surface area contributed by atoms with Gasteiger partial charge < -0.3 is 20.7 Å². The molecule has 0 radical (unpaired) electrons. The number of hydrogen-bond acceptors (Lipinski definition) is 8. The number of pyridine rings is 1. The van der Waals surface area contributed by atoms with Crippen molar-refractivity contribution in [1.82, 2.24) is 24.3 Å². The third kappa shape index (κ3) is 5.35. The smallest absolute Gasteiger partial charge is 0.416 e. The van der Waals surface area contributed by atoms with E-state index in [1.807, 2.05) is 9.30 Å². The minimum absolute atomic E-state index is 0.0000787. The topological polar surface area (TPSA) is 145 Å². The van der Waals surface area contributed by atoms with Crippen LogP contribution in [0.3, 0.4) is 0 Å². The van der Waals surface area contributed by atoms with Crippen molar-refractivity contribution in [3.63, 3.8) is 0 Å². The molecule has 1 aromatic carbocycles. The van der Waals surface area contributed by atoms with Crippen LogP contribution in [-0.2, 0) is 15.8 Å². The molecule has 0 aliphatic carbocycles. The lowest BCUT2D eigenvalue weighted by Crippen LogP contribution is -2.41. The molecule has 11 nitrogen and oxygen atoms in total. The van der Waals surface area contributed by atoms with Gasteiger partial charge in [0.15, 0.2) is 0 Å². The van der Waals surface area contributed by atoms with E-state index in [-0.39, 0.29) is 40.8 Å². The molecule has 14 heteroatoms. The fourth-order valence-corrected chi connectivity index (χ4v) is 5.80. The second-order valence-corrected chi connectivity index (χ2v) is 10.5. The number of fused-ring (bicyclic) bond motifs is 2. The number of aromatic nitrogens is 4. The summed E-state index contributed by atoms with van der Waals surface area (Å²) < 4.78 is 46.6. The maximum absolute atomic E-state index is 13.1. The van der Waals surface area contributed by atoms with Crippen molar-refractivity contribution in [2.24, 2.45) is 0 Å². The van der Waals surface area contributed by atoms with Gasteiger partial charge in [-0.2, -0.15) is 13.2 Å². The van der Waals surface area contributed by atoms with Crippen LogP contribution in [0.5, 0.6) is 5.75 Å². The Kier molecular flexibility index (Phi) is 6.98. The summed E-state index contributed by atoms with van der Waals surface area (Å²) in [5.41, 5.74) is 6.51. The van der Waals surface area contributed by atoms with Crippen LogP contribution < -0.4 is 15.8 Å². The summed E-state index contributed by atoms with van der Waals surface area (Å²) in [5, 5.41) is 2.35. The molecule has 2 amide bonds. The van der Waals surface area contributed by atoms with Crippen molar-refractivity contribution in [3.8, 4) is 17.0 Å². The third-order valence-electron chi connectivity index (χ3n) is 7.77. The van der Waals surface area contributed by atoms with E-state index < -0.39 is 23.6 Å². The van der Waals surface area contributed by atoms with Crippen molar-refractivity contribution in [1.29, 1.82) is 0 Å². The fraction of sp³-hybridized carbons (Fsp3) is 0.310. The van der Waals surface area contributed by atoms with Crippen LogP contribution >= 0.6 is 0 Å². The average molecular weight is 594 g/mol. The Morgan fingerprint density at radius 3 is 2.67 bits per heavy atom. The Balaban J connectivity index is 1.38. The van der Waals surface area contributed by atoms with Crippen molar-refractivity contribution in [3.05, 3.63) is 65.9 Å². The van der Waals surface area contributed by atoms with E-state index in [0.29, 0.717) is 35.6 Å². The zero-order valence-electron chi connectivity index (χ0n) is 22.9. The lowest BCUT2D eigenvalue weighted by atomic mass is 9.92. The molecule has 2 saturated heterocycles. The number of nitrogens with zero attached hydrogens (tertiary/aromatic N) is 5. The fourth-order valence-electron chi connectivity index (χ4n) is 5.80. The number of nitrogens with one attached hydrogen (secondary N) is 1. The molecule has 0 saturated carbocycles. The summed E-state index contributed by atoms with van der Waals surface area (Å²) >= 11 is 0. The molecule has 6 rings (SSSR count). The van der Waals surface area contributed by atoms with Crippen LogP contribution in [0.15, 0.2) is 48.9 Å². The first kappa shape index (κ1) is 28.1. The molecule has 0 unspecified atom stereocenters. The van der Waals surface area contributed by atoms with Crippen LogP contribution in [0.2, 0.25) is 0 Å². The number of nitrogen functional groups attached to an aromatic ring is 1. The van der Waals surface area contributed by atoms with E-state index >= 15 is 0 Å². The number of rotatable bonds is 5. The Hall–Kier alpha value is -5.01. The molecule has 5 heterocycles. The van der Waals surface area contributed by atoms with Gasteiger partial charge in [0.05, 0.1) is 5.56 Å². The number of anilines is 2. The number of hydrogen-bond donors (Lipinski definition) is 2. The summed E-state index contributed by atoms with van der Waals surface area (Å²) in [6, 6.07) is 5.99. The molecule has 2 atom stereocenters. The molecule has 0 spiro atoms. The van der Waals surface area contributed by atoms with E-state index in [9.17, 15) is 27.6 Å². The number of alkyl halides is 3. The second-order valence-electron chi connectivity index (χ2n) is 10.5. The van der Waals surface area contributed by atoms with Crippen LogP contribution in [0.4, 0.5) is 24.8 Å². The van der Waals surface area contributed by atoms with Crippen molar-refractivity contribution < 1.29 is 32.3 Å². The van der Waals surface area contributed by atoms with E-state index in [0.717, 1.165) is 37.6 Å². The quantitative estimate of drug-likeness (QED) is 0.255.